The SMILES string of the molecule is CCCCc1ccc(C#Cc2ccc(CN(C(=O)C(C)(C)C)c3ccc(C(=O)O)c(O)c3)cc2)cc1. The van der Waals surface area contributed by atoms with E-state index in [9.17, 15) is 19.8 Å². The Morgan fingerprint density at radius 1 is 0.861 bits per heavy atom. The average Bonchev–Trinajstić information content (AvgIpc) is 2.85. The van der Waals surface area contributed by atoms with Gasteiger partial charge >= 0.3 is 5.97 Å². The zero-order valence-electron chi connectivity index (χ0n) is 21.3. The van der Waals surface area contributed by atoms with Crippen LogP contribution in [0.2, 0.25) is 0 Å². The zero-order valence-corrected chi connectivity index (χ0v) is 21.3. The lowest BCUT2D eigenvalue weighted by atomic mass is 9.94. The summed E-state index contributed by atoms with van der Waals surface area (Å²) in [7, 11) is 0. The van der Waals surface area contributed by atoms with Crippen molar-refractivity contribution in [1.82, 2.24) is 0 Å². The summed E-state index contributed by atoms with van der Waals surface area (Å²) in [6.07, 6.45) is 3.45. The fourth-order valence-electron chi connectivity index (χ4n) is 3.71. The van der Waals surface area contributed by atoms with Crippen LogP contribution in [-0.4, -0.2) is 22.1 Å². The third kappa shape index (κ3) is 6.99. The lowest BCUT2D eigenvalue weighted by molar-refractivity contribution is -0.125. The predicted octanol–water partition coefficient (Wildman–Crippen LogP) is 6.41. The molecule has 0 bridgehead atoms. The molecule has 0 fully saturated rings. The van der Waals surface area contributed by atoms with Gasteiger partial charge in [-0.2, -0.15) is 0 Å². The Morgan fingerprint density at radius 3 is 1.89 bits per heavy atom. The minimum Gasteiger partial charge on any atom is -0.507 e. The molecule has 5 heteroatoms. The van der Waals surface area contributed by atoms with E-state index in [-0.39, 0.29) is 23.8 Å². The zero-order chi connectivity index (χ0) is 26.3. The first kappa shape index (κ1) is 26.6. The van der Waals surface area contributed by atoms with E-state index >= 15 is 0 Å². The minimum absolute atomic E-state index is 0.142. The van der Waals surface area contributed by atoms with Gasteiger partial charge < -0.3 is 15.1 Å². The number of carboxylic acids is 1. The third-order valence-electron chi connectivity index (χ3n) is 5.83. The Morgan fingerprint density at radius 2 is 1.42 bits per heavy atom. The molecule has 0 aromatic heterocycles. The van der Waals surface area contributed by atoms with Crippen LogP contribution in [0.5, 0.6) is 5.75 Å². The van der Waals surface area contributed by atoms with E-state index in [0.717, 1.165) is 23.1 Å². The maximum absolute atomic E-state index is 13.2. The normalized spacial score (nSPS) is 10.9. The number of rotatable bonds is 7. The average molecular weight is 484 g/mol. The second-order valence-electron chi connectivity index (χ2n) is 9.90. The van der Waals surface area contributed by atoms with E-state index in [1.165, 1.54) is 30.5 Å². The number of hydrogen-bond donors (Lipinski definition) is 2. The van der Waals surface area contributed by atoms with E-state index in [1.54, 1.807) is 11.0 Å². The molecule has 2 N–H and O–H groups in total. The Balaban J connectivity index is 1.79. The van der Waals surface area contributed by atoms with Crippen LogP contribution in [0.1, 0.15) is 73.1 Å². The van der Waals surface area contributed by atoms with Gasteiger partial charge in [-0.25, -0.2) is 4.79 Å². The first-order chi connectivity index (χ1) is 17.1. The Bertz CT molecular complexity index is 1270. The molecule has 3 aromatic carbocycles. The molecule has 0 aliphatic carbocycles. The van der Waals surface area contributed by atoms with Crippen molar-refractivity contribution in [2.75, 3.05) is 4.90 Å². The maximum atomic E-state index is 13.2. The fourth-order valence-corrected chi connectivity index (χ4v) is 3.71. The van der Waals surface area contributed by atoms with Crippen molar-refractivity contribution in [1.29, 1.82) is 0 Å². The van der Waals surface area contributed by atoms with Crippen molar-refractivity contribution in [3.8, 4) is 17.6 Å². The Hall–Kier alpha value is -4.04. The van der Waals surface area contributed by atoms with Crippen LogP contribution >= 0.6 is 0 Å². The molecule has 0 radical (unpaired) electrons. The van der Waals surface area contributed by atoms with Gasteiger partial charge in [0.1, 0.15) is 11.3 Å². The lowest BCUT2D eigenvalue weighted by Crippen LogP contribution is -2.39. The molecule has 3 rings (SSSR count). The van der Waals surface area contributed by atoms with Crippen molar-refractivity contribution >= 4 is 17.6 Å². The van der Waals surface area contributed by atoms with E-state index in [4.69, 9.17) is 0 Å². The number of amides is 1. The quantitative estimate of drug-likeness (QED) is 0.381. The number of anilines is 1. The molecule has 0 atom stereocenters. The van der Waals surface area contributed by atoms with E-state index in [1.807, 2.05) is 57.2 Å². The maximum Gasteiger partial charge on any atom is 0.339 e. The first-order valence-corrected chi connectivity index (χ1v) is 12.2. The summed E-state index contributed by atoms with van der Waals surface area (Å²) < 4.78 is 0. The number of aryl methyl sites for hydroxylation is 1. The van der Waals surface area contributed by atoms with E-state index in [2.05, 4.69) is 30.9 Å². The van der Waals surface area contributed by atoms with Crippen molar-refractivity contribution < 1.29 is 19.8 Å². The molecule has 0 saturated carbocycles. The van der Waals surface area contributed by atoms with Gasteiger partial charge in [-0.1, -0.05) is 70.2 Å². The molecule has 0 saturated heterocycles. The van der Waals surface area contributed by atoms with Crippen LogP contribution in [-0.2, 0) is 17.8 Å². The van der Waals surface area contributed by atoms with Gasteiger partial charge in [0.25, 0.3) is 0 Å². The topological polar surface area (TPSA) is 77.8 Å². The van der Waals surface area contributed by atoms with Crippen molar-refractivity contribution in [2.24, 2.45) is 5.41 Å². The number of phenols is 1. The summed E-state index contributed by atoms with van der Waals surface area (Å²) in [6.45, 7) is 7.93. The Kier molecular flexibility index (Phi) is 8.55. The molecule has 0 aliphatic heterocycles. The largest absolute Gasteiger partial charge is 0.507 e. The number of aromatic hydroxyl groups is 1. The van der Waals surface area contributed by atoms with Crippen molar-refractivity contribution in [3.63, 3.8) is 0 Å². The predicted molar refractivity (Wildman–Crippen MR) is 143 cm³/mol. The van der Waals surface area contributed by atoms with E-state index in [0.29, 0.717) is 5.69 Å². The first-order valence-electron chi connectivity index (χ1n) is 12.2. The highest BCUT2D eigenvalue weighted by molar-refractivity contribution is 5.98. The molecule has 0 unspecified atom stereocenters. The minimum atomic E-state index is -1.23. The molecule has 36 heavy (non-hydrogen) atoms. The van der Waals surface area contributed by atoms with Crippen LogP contribution in [0, 0.1) is 17.3 Å². The van der Waals surface area contributed by atoms with Crippen LogP contribution < -0.4 is 4.90 Å². The monoisotopic (exact) mass is 483 g/mol. The van der Waals surface area contributed by atoms with Crippen LogP contribution in [0.25, 0.3) is 0 Å². The summed E-state index contributed by atoms with van der Waals surface area (Å²) in [4.78, 5) is 26.0. The Labute approximate surface area is 213 Å². The van der Waals surface area contributed by atoms with Crippen LogP contribution in [0.3, 0.4) is 0 Å². The number of carboxylic acid groups (broad SMARTS) is 1. The van der Waals surface area contributed by atoms with Gasteiger partial charge in [0.15, 0.2) is 0 Å². The lowest BCUT2D eigenvalue weighted by Gasteiger charge is -2.30. The molecular weight excluding hydrogens is 450 g/mol. The van der Waals surface area contributed by atoms with Gasteiger partial charge in [0, 0.05) is 28.3 Å². The summed E-state index contributed by atoms with van der Waals surface area (Å²) in [5, 5.41) is 19.4. The molecule has 0 aliphatic rings. The summed E-state index contributed by atoms with van der Waals surface area (Å²) >= 11 is 0. The number of hydrogen-bond acceptors (Lipinski definition) is 3. The number of benzene rings is 3. The highest BCUT2D eigenvalue weighted by Crippen LogP contribution is 2.30. The van der Waals surface area contributed by atoms with Crippen molar-refractivity contribution in [2.45, 2.75) is 53.5 Å². The third-order valence-corrected chi connectivity index (χ3v) is 5.83. The molecule has 0 spiro atoms. The summed E-state index contributed by atoms with van der Waals surface area (Å²) in [5.74, 6) is 4.64. The number of carbonyl (C=O) groups is 2. The highest BCUT2D eigenvalue weighted by Gasteiger charge is 2.29. The highest BCUT2D eigenvalue weighted by atomic mass is 16.4. The summed E-state index contributed by atoms with van der Waals surface area (Å²) in [5.41, 5.74) is 3.60. The number of nitrogens with zero attached hydrogens (tertiary/aromatic N) is 1. The standard InChI is InChI=1S/C31H33NO4/c1-5-6-7-22-8-10-23(11-9-22)12-13-24-14-16-25(17-15-24)21-32(30(36)31(2,3)4)26-18-19-27(29(34)35)28(33)20-26/h8-11,14-20,33H,5-7,21H2,1-4H3,(H,34,35). The molecule has 0 heterocycles. The van der Waals surface area contributed by atoms with E-state index < -0.39 is 11.4 Å². The van der Waals surface area contributed by atoms with Crippen LogP contribution in [0.4, 0.5) is 5.69 Å². The molecular formula is C31H33NO4. The van der Waals surface area contributed by atoms with Crippen LogP contribution in [0.15, 0.2) is 66.7 Å². The molecule has 1 amide bonds. The molecule has 186 valence electrons. The second kappa shape index (κ2) is 11.6. The fraction of sp³-hybridized carbons (Fsp3) is 0.290. The smallest absolute Gasteiger partial charge is 0.339 e. The van der Waals surface area contributed by atoms with Gasteiger partial charge in [-0.15, -0.1) is 0 Å². The molecule has 3 aromatic rings. The van der Waals surface area contributed by atoms with Gasteiger partial charge in [0.05, 0.1) is 6.54 Å². The number of carbonyl (C=O) groups excluding carboxylic acids is 1. The van der Waals surface area contributed by atoms with Crippen molar-refractivity contribution in [3.05, 3.63) is 94.5 Å². The molecule has 5 nitrogen and oxygen atoms in total. The van der Waals surface area contributed by atoms with Gasteiger partial charge in [-0.3, -0.25) is 4.79 Å². The second-order valence-corrected chi connectivity index (χ2v) is 9.90. The van der Waals surface area contributed by atoms with Gasteiger partial charge in [0.2, 0.25) is 5.91 Å². The summed E-state index contributed by atoms with van der Waals surface area (Å²) in [6, 6.07) is 20.2. The van der Waals surface area contributed by atoms with Gasteiger partial charge in [-0.05, 0) is 60.4 Å². The number of aromatic carboxylic acids is 1. The number of unbranched alkanes of at least 4 members (excludes halogenated alkanes) is 1.